The van der Waals surface area contributed by atoms with E-state index in [2.05, 4.69) is 5.32 Å². The van der Waals surface area contributed by atoms with Gasteiger partial charge in [-0.1, -0.05) is 18.2 Å². The zero-order valence-electron chi connectivity index (χ0n) is 16.6. The van der Waals surface area contributed by atoms with Gasteiger partial charge in [0.25, 0.3) is 0 Å². The summed E-state index contributed by atoms with van der Waals surface area (Å²) in [6.45, 7) is 3.57. The van der Waals surface area contributed by atoms with Gasteiger partial charge >= 0.3 is 0 Å². The van der Waals surface area contributed by atoms with E-state index in [0.29, 0.717) is 37.0 Å². The Morgan fingerprint density at radius 2 is 1.93 bits per heavy atom. The van der Waals surface area contributed by atoms with Crippen LogP contribution in [-0.2, 0) is 19.7 Å². The summed E-state index contributed by atoms with van der Waals surface area (Å²) in [5, 5.41) is 2.80. The van der Waals surface area contributed by atoms with Crippen LogP contribution in [0.2, 0.25) is 0 Å². The summed E-state index contributed by atoms with van der Waals surface area (Å²) in [4.78, 5) is 27.8. The number of ether oxygens (including phenoxy) is 4. The summed E-state index contributed by atoms with van der Waals surface area (Å²) in [6.07, 6.45) is 0. The summed E-state index contributed by atoms with van der Waals surface area (Å²) in [6, 6.07) is 11.1. The first-order valence-corrected chi connectivity index (χ1v) is 9.98. The number of hydrogen-bond acceptors (Lipinski definition) is 6. The quantitative estimate of drug-likeness (QED) is 0.728. The number of fused-ring (bicyclic) bond motifs is 5. The average molecular weight is 410 g/mol. The van der Waals surface area contributed by atoms with Gasteiger partial charge in [-0.2, -0.15) is 0 Å². The van der Waals surface area contributed by atoms with Gasteiger partial charge in [0.2, 0.25) is 18.6 Å². The maximum Gasteiger partial charge on any atom is 0.246 e. The molecule has 0 bridgehead atoms. The first kappa shape index (κ1) is 18.7. The molecule has 0 aromatic heterocycles. The van der Waals surface area contributed by atoms with E-state index in [-0.39, 0.29) is 31.8 Å². The van der Waals surface area contributed by atoms with Crippen molar-refractivity contribution in [3.05, 3.63) is 47.5 Å². The molecule has 0 saturated carbocycles. The van der Waals surface area contributed by atoms with Gasteiger partial charge in [0.1, 0.15) is 24.3 Å². The van der Waals surface area contributed by atoms with E-state index in [1.807, 2.05) is 37.3 Å². The van der Waals surface area contributed by atoms with Crippen LogP contribution in [0.3, 0.4) is 0 Å². The molecule has 156 valence electrons. The fraction of sp³-hybridized carbons (Fsp3) is 0.364. The third-order valence-electron chi connectivity index (χ3n) is 5.72. The third kappa shape index (κ3) is 2.71. The molecule has 0 fully saturated rings. The number of amides is 2. The van der Waals surface area contributed by atoms with Crippen LogP contribution < -0.4 is 24.4 Å². The van der Waals surface area contributed by atoms with Crippen molar-refractivity contribution in [2.24, 2.45) is 0 Å². The van der Waals surface area contributed by atoms with Crippen LogP contribution in [0.4, 0.5) is 5.69 Å². The normalized spacial score (nSPS) is 20.3. The van der Waals surface area contributed by atoms with Gasteiger partial charge in [-0.25, -0.2) is 0 Å². The van der Waals surface area contributed by atoms with E-state index in [9.17, 15) is 9.59 Å². The molecule has 30 heavy (non-hydrogen) atoms. The molecule has 0 saturated heterocycles. The van der Waals surface area contributed by atoms with E-state index in [0.717, 1.165) is 16.8 Å². The maximum absolute atomic E-state index is 13.7. The lowest BCUT2D eigenvalue weighted by Gasteiger charge is -2.23. The van der Waals surface area contributed by atoms with Crippen molar-refractivity contribution in [2.75, 3.05) is 44.6 Å². The monoisotopic (exact) mass is 410 g/mol. The van der Waals surface area contributed by atoms with Crippen molar-refractivity contribution < 1.29 is 28.5 Å². The van der Waals surface area contributed by atoms with Crippen molar-refractivity contribution >= 4 is 17.5 Å². The summed E-state index contributed by atoms with van der Waals surface area (Å²) >= 11 is 0. The topological polar surface area (TPSA) is 86.3 Å². The first-order valence-electron chi connectivity index (χ1n) is 9.98. The number of benzene rings is 2. The van der Waals surface area contributed by atoms with Crippen molar-refractivity contribution in [1.29, 1.82) is 0 Å². The summed E-state index contributed by atoms with van der Waals surface area (Å²) in [7, 11) is 0. The van der Waals surface area contributed by atoms with Gasteiger partial charge < -0.3 is 29.2 Å². The van der Waals surface area contributed by atoms with Gasteiger partial charge in [-0.05, 0) is 24.6 Å². The van der Waals surface area contributed by atoms with Gasteiger partial charge in [0.15, 0.2) is 11.5 Å². The number of rotatable bonds is 6. The highest BCUT2D eigenvalue weighted by Gasteiger charge is 2.57. The van der Waals surface area contributed by atoms with Crippen LogP contribution in [0.1, 0.15) is 18.1 Å². The largest absolute Gasteiger partial charge is 0.491 e. The predicted molar refractivity (Wildman–Crippen MR) is 107 cm³/mol. The lowest BCUT2D eigenvalue weighted by molar-refractivity contribution is -0.125. The number of para-hydroxylation sites is 1. The van der Waals surface area contributed by atoms with Crippen LogP contribution in [0.5, 0.6) is 17.2 Å². The van der Waals surface area contributed by atoms with Crippen LogP contribution >= 0.6 is 0 Å². The minimum absolute atomic E-state index is 0.0659. The number of nitrogens with one attached hydrogen (secondary N) is 1. The number of hydrogen-bond donors (Lipinski definition) is 1. The minimum atomic E-state index is -1.00. The Morgan fingerprint density at radius 1 is 1.13 bits per heavy atom. The fourth-order valence-electron chi connectivity index (χ4n) is 4.33. The molecule has 2 amide bonds. The minimum Gasteiger partial charge on any atom is -0.491 e. The van der Waals surface area contributed by atoms with Crippen molar-refractivity contribution in [2.45, 2.75) is 12.3 Å². The molecule has 8 heteroatoms. The molecular weight excluding hydrogens is 388 g/mol. The Balaban J connectivity index is 1.48. The van der Waals surface area contributed by atoms with Crippen LogP contribution in [-0.4, -0.2) is 51.5 Å². The molecule has 8 nitrogen and oxygen atoms in total. The third-order valence-corrected chi connectivity index (χ3v) is 5.72. The molecule has 0 aliphatic carbocycles. The summed E-state index contributed by atoms with van der Waals surface area (Å²) in [5.74, 6) is 1.39. The molecule has 1 spiro atoms. The Kier molecular flexibility index (Phi) is 4.51. The zero-order valence-corrected chi connectivity index (χ0v) is 16.6. The molecular formula is C22H22N2O6. The highest BCUT2D eigenvalue weighted by Crippen LogP contribution is 2.54. The van der Waals surface area contributed by atoms with Crippen LogP contribution in [0.25, 0.3) is 0 Å². The Bertz CT molecular complexity index is 1020. The maximum atomic E-state index is 13.7. The summed E-state index contributed by atoms with van der Waals surface area (Å²) in [5.41, 5.74) is 1.29. The molecule has 3 aliphatic rings. The van der Waals surface area contributed by atoms with Crippen molar-refractivity contribution in [3.63, 3.8) is 0 Å². The molecule has 1 N–H and O–H groups in total. The van der Waals surface area contributed by atoms with Crippen LogP contribution in [0.15, 0.2) is 36.4 Å². The lowest BCUT2D eigenvalue weighted by Crippen LogP contribution is -2.46. The molecule has 3 heterocycles. The van der Waals surface area contributed by atoms with Gasteiger partial charge in [0, 0.05) is 30.5 Å². The van der Waals surface area contributed by atoms with Gasteiger partial charge in [-0.15, -0.1) is 0 Å². The van der Waals surface area contributed by atoms with Crippen LogP contribution in [0, 0.1) is 0 Å². The average Bonchev–Trinajstić information content (AvgIpc) is 3.43. The highest BCUT2D eigenvalue weighted by atomic mass is 16.7. The zero-order chi connectivity index (χ0) is 20.7. The lowest BCUT2D eigenvalue weighted by atomic mass is 9.77. The molecule has 3 aliphatic heterocycles. The van der Waals surface area contributed by atoms with Gasteiger partial charge in [0.05, 0.1) is 6.61 Å². The molecule has 0 radical (unpaired) electrons. The number of carbonyl (C=O) groups is 2. The molecule has 2 aromatic rings. The van der Waals surface area contributed by atoms with E-state index in [1.165, 1.54) is 4.90 Å². The SMILES string of the molecule is CCOCCNC(=O)CN1C(=O)C2(COc3cc4c(cc32)OCO4)c2ccccc21. The highest BCUT2D eigenvalue weighted by molar-refractivity contribution is 6.13. The second-order valence-electron chi connectivity index (χ2n) is 7.35. The number of anilines is 1. The molecule has 1 unspecified atom stereocenters. The number of carbonyl (C=O) groups excluding carboxylic acids is 2. The number of nitrogens with zero attached hydrogens (tertiary/aromatic N) is 1. The second-order valence-corrected chi connectivity index (χ2v) is 7.35. The standard InChI is InChI=1S/C22H22N2O6/c1-2-27-8-7-23-20(25)11-24-16-6-4-3-5-14(16)22(21(24)26)12-28-17-10-19-18(9-15(17)22)29-13-30-19/h3-6,9-10H,2,7-8,11-13H2,1H3,(H,23,25). The fourth-order valence-corrected chi connectivity index (χ4v) is 4.33. The smallest absolute Gasteiger partial charge is 0.246 e. The molecule has 1 atom stereocenters. The Hall–Kier alpha value is -3.26. The Labute approximate surface area is 173 Å². The molecule has 2 aromatic carbocycles. The first-order chi connectivity index (χ1) is 14.6. The molecule has 5 rings (SSSR count). The second kappa shape index (κ2) is 7.21. The van der Waals surface area contributed by atoms with Crippen molar-refractivity contribution in [3.8, 4) is 17.2 Å². The van der Waals surface area contributed by atoms with E-state index in [1.54, 1.807) is 6.07 Å². The predicted octanol–water partition coefficient (Wildman–Crippen LogP) is 1.59. The van der Waals surface area contributed by atoms with Crippen molar-refractivity contribution in [1.82, 2.24) is 5.32 Å². The van der Waals surface area contributed by atoms with E-state index < -0.39 is 5.41 Å². The van der Waals surface area contributed by atoms with E-state index in [4.69, 9.17) is 18.9 Å². The van der Waals surface area contributed by atoms with Gasteiger partial charge in [-0.3, -0.25) is 9.59 Å². The van der Waals surface area contributed by atoms with E-state index >= 15 is 0 Å². The summed E-state index contributed by atoms with van der Waals surface area (Å²) < 4.78 is 22.1. The Morgan fingerprint density at radius 3 is 2.77 bits per heavy atom.